The molecule has 0 atom stereocenters. The van der Waals surface area contributed by atoms with Crippen molar-refractivity contribution in [3.8, 4) is 0 Å². The van der Waals surface area contributed by atoms with Crippen LogP contribution in [-0.2, 0) is 35.5 Å². The summed E-state index contributed by atoms with van der Waals surface area (Å²) < 4.78 is 47.0. The van der Waals surface area contributed by atoms with Crippen LogP contribution < -0.4 is 0 Å². The molecular weight excluding hydrogens is 483 g/mol. The van der Waals surface area contributed by atoms with Gasteiger partial charge in [-0.25, -0.2) is 22.9 Å². The number of carbonyl (C=O) groups is 2. The van der Waals surface area contributed by atoms with E-state index in [9.17, 15) is 22.8 Å². The van der Waals surface area contributed by atoms with E-state index in [2.05, 4.69) is 4.98 Å². The van der Waals surface area contributed by atoms with Crippen LogP contribution in [0.25, 0.3) is 6.08 Å². The molecule has 37 heavy (non-hydrogen) atoms. The highest BCUT2D eigenvalue weighted by atomic mass is 19.2. The van der Waals surface area contributed by atoms with Gasteiger partial charge < -0.3 is 14.2 Å². The molecule has 0 bridgehead atoms. The number of ether oxygens (including phenoxy) is 1. The number of amides is 1. The molecule has 9 heteroatoms. The second kappa shape index (κ2) is 10.6. The Morgan fingerprint density at radius 3 is 2.51 bits per heavy atom. The van der Waals surface area contributed by atoms with Crippen molar-refractivity contribution in [2.45, 2.75) is 52.3 Å². The van der Waals surface area contributed by atoms with E-state index in [4.69, 9.17) is 4.74 Å². The van der Waals surface area contributed by atoms with E-state index in [1.165, 1.54) is 12.4 Å². The van der Waals surface area contributed by atoms with E-state index in [1.54, 1.807) is 21.7 Å². The fourth-order valence-corrected chi connectivity index (χ4v) is 4.08. The predicted molar refractivity (Wildman–Crippen MR) is 132 cm³/mol. The van der Waals surface area contributed by atoms with Gasteiger partial charge in [-0.15, -0.1) is 0 Å². The summed E-state index contributed by atoms with van der Waals surface area (Å²) in [7, 11) is 0. The highest BCUT2D eigenvalue weighted by molar-refractivity contribution is 5.94. The summed E-state index contributed by atoms with van der Waals surface area (Å²) >= 11 is 0. The van der Waals surface area contributed by atoms with Gasteiger partial charge in [0.1, 0.15) is 5.60 Å². The summed E-state index contributed by atoms with van der Waals surface area (Å²) in [5, 5.41) is 0. The molecule has 0 unspecified atom stereocenters. The molecule has 1 aliphatic rings. The van der Waals surface area contributed by atoms with Gasteiger partial charge in [-0.05, 0) is 67.7 Å². The number of hydrogen-bond donors (Lipinski definition) is 0. The first kappa shape index (κ1) is 26.2. The smallest absolute Gasteiger partial charge is 0.410 e. The Balaban J connectivity index is 1.33. The molecule has 2 heterocycles. The fourth-order valence-electron chi connectivity index (χ4n) is 4.08. The Bertz CT molecular complexity index is 1340. The number of ketones is 1. The zero-order valence-corrected chi connectivity index (χ0v) is 20.9. The van der Waals surface area contributed by atoms with E-state index in [1.807, 2.05) is 39.0 Å². The van der Waals surface area contributed by atoms with Gasteiger partial charge >= 0.3 is 6.09 Å². The summed E-state index contributed by atoms with van der Waals surface area (Å²) in [5.41, 5.74) is 3.26. The number of aromatic nitrogens is 2. The molecule has 6 nitrogen and oxygen atoms in total. The molecular formula is C28H28F3N3O3. The van der Waals surface area contributed by atoms with Crippen LogP contribution in [0.5, 0.6) is 0 Å². The van der Waals surface area contributed by atoms with Crippen LogP contribution in [0, 0.1) is 17.5 Å². The maximum Gasteiger partial charge on any atom is 0.410 e. The van der Waals surface area contributed by atoms with Gasteiger partial charge in [0.2, 0.25) is 0 Å². The number of allylic oxidation sites excluding steroid dienone is 1. The minimum atomic E-state index is -1.51. The SMILES string of the molecule is CC(C)(C)OC(=O)N1CCc2cc(/C=C/C(=O)Cc3cn(Cc4cc(F)c(F)c(F)c4)cn3)ccc2C1. The summed E-state index contributed by atoms with van der Waals surface area (Å²) in [6.07, 6.45) is 6.72. The predicted octanol–water partition coefficient (Wildman–Crippen LogP) is 5.47. The minimum absolute atomic E-state index is 0.0609. The lowest BCUT2D eigenvalue weighted by molar-refractivity contribution is -0.114. The number of fused-ring (bicyclic) bond motifs is 1. The van der Waals surface area contributed by atoms with Crippen LogP contribution >= 0.6 is 0 Å². The maximum atomic E-state index is 13.4. The largest absolute Gasteiger partial charge is 0.444 e. The highest BCUT2D eigenvalue weighted by Gasteiger charge is 2.25. The van der Waals surface area contributed by atoms with Crippen molar-refractivity contribution in [3.05, 3.63) is 94.3 Å². The third-order valence-electron chi connectivity index (χ3n) is 5.81. The summed E-state index contributed by atoms with van der Waals surface area (Å²) in [6, 6.07) is 7.73. The molecule has 0 saturated heterocycles. The minimum Gasteiger partial charge on any atom is -0.444 e. The molecule has 0 radical (unpaired) electrons. The maximum absolute atomic E-state index is 13.4. The van der Waals surface area contributed by atoms with Gasteiger partial charge in [-0.3, -0.25) is 4.79 Å². The summed E-state index contributed by atoms with van der Waals surface area (Å²) in [5.74, 6) is -4.16. The molecule has 0 saturated carbocycles. The fraction of sp³-hybridized carbons (Fsp3) is 0.321. The lowest BCUT2D eigenvalue weighted by atomic mass is 9.97. The molecule has 3 aromatic rings. The number of halogens is 3. The number of carbonyl (C=O) groups excluding carboxylic acids is 2. The van der Waals surface area contributed by atoms with Crippen LogP contribution in [0.1, 0.15) is 48.7 Å². The quantitative estimate of drug-likeness (QED) is 0.325. The van der Waals surface area contributed by atoms with E-state index >= 15 is 0 Å². The number of hydrogen-bond acceptors (Lipinski definition) is 4. The second-order valence-corrected chi connectivity index (χ2v) is 10.1. The lowest BCUT2D eigenvalue weighted by Gasteiger charge is -2.31. The van der Waals surface area contributed by atoms with Crippen molar-refractivity contribution in [1.82, 2.24) is 14.5 Å². The normalized spacial score (nSPS) is 13.6. The van der Waals surface area contributed by atoms with Crippen molar-refractivity contribution in [2.75, 3.05) is 6.54 Å². The molecule has 0 spiro atoms. The lowest BCUT2D eigenvalue weighted by Crippen LogP contribution is -2.39. The first-order chi connectivity index (χ1) is 17.5. The van der Waals surface area contributed by atoms with Gasteiger partial charge in [0, 0.05) is 25.8 Å². The molecule has 1 aromatic heterocycles. The first-order valence-electron chi connectivity index (χ1n) is 11.9. The zero-order valence-electron chi connectivity index (χ0n) is 20.9. The van der Waals surface area contributed by atoms with E-state index in [0.29, 0.717) is 25.2 Å². The topological polar surface area (TPSA) is 64.4 Å². The van der Waals surface area contributed by atoms with Gasteiger partial charge in [0.05, 0.1) is 18.4 Å². The van der Waals surface area contributed by atoms with Crippen molar-refractivity contribution >= 4 is 18.0 Å². The molecule has 0 N–H and O–H groups in total. The Morgan fingerprint density at radius 1 is 1.08 bits per heavy atom. The standard InChI is InChI=1S/C28H28F3N3O3/c1-28(2,3)37-27(36)34-9-8-20-10-18(4-6-21(20)15-34)5-7-23(35)13-22-16-33(17-32-22)14-19-11-24(29)26(31)25(30)12-19/h4-7,10-12,16-17H,8-9,13-15H2,1-3H3/b7-5+. The third kappa shape index (κ3) is 6.87. The third-order valence-corrected chi connectivity index (χ3v) is 5.81. The summed E-state index contributed by atoms with van der Waals surface area (Å²) in [6.45, 7) is 6.65. The van der Waals surface area contributed by atoms with Gasteiger partial charge in [-0.2, -0.15) is 0 Å². The molecule has 194 valence electrons. The molecule has 0 fully saturated rings. The zero-order chi connectivity index (χ0) is 26.7. The van der Waals surface area contributed by atoms with E-state index in [0.717, 1.165) is 28.8 Å². The monoisotopic (exact) mass is 511 g/mol. The number of rotatable bonds is 6. The van der Waals surface area contributed by atoms with Gasteiger partial charge in [0.25, 0.3) is 0 Å². The molecule has 1 amide bonds. The average molecular weight is 512 g/mol. The van der Waals surface area contributed by atoms with Crippen molar-refractivity contribution in [1.29, 1.82) is 0 Å². The molecule has 4 rings (SSSR count). The molecule has 1 aliphatic heterocycles. The Kier molecular flexibility index (Phi) is 7.52. The van der Waals surface area contributed by atoms with Gasteiger partial charge in [0.15, 0.2) is 23.2 Å². The van der Waals surface area contributed by atoms with Crippen molar-refractivity contribution in [2.24, 2.45) is 0 Å². The number of nitrogens with zero attached hydrogens (tertiary/aromatic N) is 3. The Morgan fingerprint density at radius 2 is 1.81 bits per heavy atom. The Labute approximate surface area is 213 Å². The van der Waals surface area contributed by atoms with E-state index in [-0.39, 0.29) is 30.4 Å². The van der Waals surface area contributed by atoms with Crippen LogP contribution in [0.15, 0.2) is 48.9 Å². The van der Waals surface area contributed by atoms with Crippen LogP contribution in [0.4, 0.5) is 18.0 Å². The molecule has 2 aromatic carbocycles. The van der Waals surface area contributed by atoms with E-state index < -0.39 is 23.1 Å². The second-order valence-electron chi connectivity index (χ2n) is 10.1. The summed E-state index contributed by atoms with van der Waals surface area (Å²) in [4.78, 5) is 30.7. The Hall–Kier alpha value is -3.88. The highest BCUT2D eigenvalue weighted by Crippen LogP contribution is 2.23. The van der Waals surface area contributed by atoms with Crippen LogP contribution in [0.2, 0.25) is 0 Å². The van der Waals surface area contributed by atoms with Crippen molar-refractivity contribution < 1.29 is 27.5 Å². The number of imidazole rings is 1. The molecule has 0 aliphatic carbocycles. The first-order valence-corrected chi connectivity index (χ1v) is 11.9. The average Bonchev–Trinajstić information content (AvgIpc) is 3.26. The van der Waals surface area contributed by atoms with Gasteiger partial charge in [-0.1, -0.05) is 24.3 Å². The van der Waals surface area contributed by atoms with Crippen LogP contribution in [0.3, 0.4) is 0 Å². The number of benzene rings is 2. The van der Waals surface area contributed by atoms with Crippen LogP contribution in [-0.4, -0.2) is 38.5 Å². The van der Waals surface area contributed by atoms with Crippen molar-refractivity contribution in [3.63, 3.8) is 0 Å².